The van der Waals surface area contributed by atoms with Gasteiger partial charge in [-0.2, -0.15) is 0 Å². The monoisotopic (exact) mass is 258 g/mol. The van der Waals surface area contributed by atoms with E-state index >= 15 is 0 Å². The van der Waals surface area contributed by atoms with Crippen molar-refractivity contribution in [3.8, 4) is 5.75 Å². The maximum atomic E-state index is 11.6. The molecule has 2 rings (SSSR count). The zero-order valence-electron chi connectivity index (χ0n) is 11.2. The number of rotatable bonds is 4. The second-order valence-electron chi connectivity index (χ2n) is 4.40. The molecule has 1 aromatic carbocycles. The van der Waals surface area contributed by atoms with Crippen molar-refractivity contribution in [2.45, 2.75) is 20.4 Å². The molecule has 0 saturated heterocycles. The second kappa shape index (κ2) is 6.09. The average Bonchev–Trinajstić information content (AvgIpc) is 2.71. The summed E-state index contributed by atoms with van der Waals surface area (Å²) in [4.78, 5) is 11.6. The SMILES string of the molecule is Cc1ccc(C)n1CCNC(=O)Oc1ccccc1. The summed E-state index contributed by atoms with van der Waals surface area (Å²) in [6.45, 7) is 5.39. The topological polar surface area (TPSA) is 43.3 Å². The Hall–Kier alpha value is -2.23. The number of hydrogen-bond donors (Lipinski definition) is 1. The van der Waals surface area contributed by atoms with Crippen molar-refractivity contribution < 1.29 is 9.53 Å². The maximum Gasteiger partial charge on any atom is 0.412 e. The van der Waals surface area contributed by atoms with E-state index in [0.717, 1.165) is 6.54 Å². The number of benzene rings is 1. The molecule has 1 heterocycles. The first-order chi connectivity index (χ1) is 9.16. The van der Waals surface area contributed by atoms with Gasteiger partial charge >= 0.3 is 6.09 Å². The van der Waals surface area contributed by atoms with E-state index in [9.17, 15) is 4.79 Å². The number of ether oxygens (including phenoxy) is 1. The van der Waals surface area contributed by atoms with Gasteiger partial charge in [0.05, 0.1) is 0 Å². The first-order valence-corrected chi connectivity index (χ1v) is 6.30. The van der Waals surface area contributed by atoms with Crippen molar-refractivity contribution in [3.63, 3.8) is 0 Å². The van der Waals surface area contributed by atoms with E-state index < -0.39 is 6.09 Å². The summed E-state index contributed by atoms with van der Waals surface area (Å²) >= 11 is 0. The van der Waals surface area contributed by atoms with E-state index in [1.807, 2.05) is 18.2 Å². The van der Waals surface area contributed by atoms with Crippen LogP contribution in [0.3, 0.4) is 0 Å². The zero-order chi connectivity index (χ0) is 13.7. The fourth-order valence-corrected chi connectivity index (χ4v) is 1.95. The van der Waals surface area contributed by atoms with E-state index in [-0.39, 0.29) is 0 Å². The van der Waals surface area contributed by atoms with Gasteiger partial charge in [0, 0.05) is 24.5 Å². The number of para-hydroxylation sites is 1. The number of nitrogens with one attached hydrogen (secondary N) is 1. The molecule has 0 aliphatic heterocycles. The highest BCUT2D eigenvalue weighted by Crippen LogP contribution is 2.08. The molecule has 19 heavy (non-hydrogen) atoms. The Bertz CT molecular complexity index is 527. The number of aryl methyl sites for hydroxylation is 2. The number of amides is 1. The van der Waals surface area contributed by atoms with Crippen LogP contribution in [0.25, 0.3) is 0 Å². The standard InChI is InChI=1S/C15H18N2O2/c1-12-8-9-13(2)17(12)11-10-16-15(18)19-14-6-4-3-5-7-14/h3-9H,10-11H2,1-2H3,(H,16,18). The maximum absolute atomic E-state index is 11.6. The van der Waals surface area contributed by atoms with Gasteiger partial charge in [-0.3, -0.25) is 0 Å². The number of hydrogen-bond acceptors (Lipinski definition) is 2. The number of carbonyl (C=O) groups is 1. The fraction of sp³-hybridized carbons (Fsp3) is 0.267. The molecule has 0 atom stereocenters. The van der Waals surface area contributed by atoms with E-state index in [1.54, 1.807) is 12.1 Å². The predicted molar refractivity (Wildman–Crippen MR) is 74.4 cm³/mol. The van der Waals surface area contributed by atoms with Crippen LogP contribution in [0.2, 0.25) is 0 Å². The minimum Gasteiger partial charge on any atom is -0.410 e. The molecule has 0 bridgehead atoms. The Balaban J connectivity index is 1.79. The van der Waals surface area contributed by atoms with E-state index in [4.69, 9.17) is 4.74 Å². The lowest BCUT2D eigenvalue weighted by atomic mass is 10.3. The molecule has 0 aliphatic rings. The summed E-state index contributed by atoms with van der Waals surface area (Å²) in [7, 11) is 0. The van der Waals surface area contributed by atoms with Crippen LogP contribution < -0.4 is 10.1 Å². The quantitative estimate of drug-likeness (QED) is 0.916. The van der Waals surface area contributed by atoms with Gasteiger partial charge in [0.25, 0.3) is 0 Å². The Morgan fingerprint density at radius 2 is 1.74 bits per heavy atom. The van der Waals surface area contributed by atoms with Gasteiger partial charge in [0.2, 0.25) is 0 Å². The smallest absolute Gasteiger partial charge is 0.410 e. The Labute approximate surface area is 113 Å². The lowest BCUT2D eigenvalue weighted by molar-refractivity contribution is 0.200. The zero-order valence-corrected chi connectivity index (χ0v) is 11.2. The third-order valence-electron chi connectivity index (χ3n) is 2.98. The van der Waals surface area contributed by atoms with Gasteiger partial charge < -0.3 is 14.6 Å². The van der Waals surface area contributed by atoms with Crippen LogP contribution in [-0.2, 0) is 6.54 Å². The van der Waals surface area contributed by atoms with Gasteiger partial charge in [-0.15, -0.1) is 0 Å². The van der Waals surface area contributed by atoms with Crippen molar-refractivity contribution in [2.75, 3.05) is 6.54 Å². The summed E-state index contributed by atoms with van der Waals surface area (Å²) < 4.78 is 7.29. The first-order valence-electron chi connectivity index (χ1n) is 6.30. The molecule has 100 valence electrons. The molecule has 1 aromatic heterocycles. The summed E-state index contributed by atoms with van der Waals surface area (Å²) in [5.41, 5.74) is 2.38. The van der Waals surface area contributed by atoms with Crippen LogP contribution in [0.1, 0.15) is 11.4 Å². The molecule has 4 nitrogen and oxygen atoms in total. The first kappa shape index (κ1) is 13.2. The van der Waals surface area contributed by atoms with Crippen molar-refractivity contribution in [1.29, 1.82) is 0 Å². The Morgan fingerprint density at radius 3 is 2.37 bits per heavy atom. The minimum atomic E-state index is -0.423. The second-order valence-corrected chi connectivity index (χ2v) is 4.40. The van der Waals surface area contributed by atoms with E-state index in [0.29, 0.717) is 12.3 Å². The number of nitrogens with zero attached hydrogens (tertiary/aromatic N) is 1. The van der Waals surface area contributed by atoms with Gasteiger partial charge in [0.1, 0.15) is 5.75 Å². The molecule has 0 saturated carbocycles. The predicted octanol–water partition coefficient (Wildman–Crippen LogP) is 2.89. The third kappa shape index (κ3) is 3.61. The van der Waals surface area contributed by atoms with Gasteiger partial charge in [-0.05, 0) is 38.1 Å². The highest BCUT2D eigenvalue weighted by Gasteiger charge is 2.04. The lowest BCUT2D eigenvalue weighted by Crippen LogP contribution is -2.30. The van der Waals surface area contributed by atoms with Crippen LogP contribution in [-0.4, -0.2) is 17.2 Å². The van der Waals surface area contributed by atoms with Crippen molar-refractivity contribution in [3.05, 3.63) is 53.9 Å². The number of carbonyl (C=O) groups excluding carboxylic acids is 1. The molecule has 1 amide bonds. The molecule has 0 fully saturated rings. The van der Waals surface area contributed by atoms with Crippen LogP contribution in [0, 0.1) is 13.8 Å². The number of aromatic nitrogens is 1. The molecule has 1 N–H and O–H groups in total. The average molecular weight is 258 g/mol. The van der Waals surface area contributed by atoms with Crippen molar-refractivity contribution in [1.82, 2.24) is 9.88 Å². The summed E-state index contributed by atoms with van der Waals surface area (Å²) in [5.74, 6) is 0.549. The fourth-order valence-electron chi connectivity index (χ4n) is 1.95. The van der Waals surface area contributed by atoms with Crippen LogP contribution in [0.15, 0.2) is 42.5 Å². The molecule has 0 aliphatic carbocycles. The summed E-state index contributed by atoms with van der Waals surface area (Å²) in [5, 5.41) is 2.74. The molecule has 2 aromatic rings. The molecular formula is C15H18N2O2. The third-order valence-corrected chi connectivity index (χ3v) is 2.98. The highest BCUT2D eigenvalue weighted by molar-refractivity contribution is 5.70. The summed E-state index contributed by atoms with van der Waals surface area (Å²) in [6.07, 6.45) is -0.423. The highest BCUT2D eigenvalue weighted by atomic mass is 16.5. The molecular weight excluding hydrogens is 240 g/mol. The van der Waals surface area contributed by atoms with Gasteiger partial charge in [-0.1, -0.05) is 18.2 Å². The lowest BCUT2D eigenvalue weighted by Gasteiger charge is -2.10. The van der Waals surface area contributed by atoms with Crippen molar-refractivity contribution >= 4 is 6.09 Å². The molecule has 0 radical (unpaired) electrons. The summed E-state index contributed by atoms with van der Waals surface area (Å²) in [6, 6.07) is 13.2. The molecule has 4 heteroatoms. The minimum absolute atomic E-state index is 0.423. The van der Waals surface area contributed by atoms with Crippen LogP contribution in [0.4, 0.5) is 4.79 Å². The van der Waals surface area contributed by atoms with Gasteiger partial charge in [0.15, 0.2) is 0 Å². The molecule has 0 unspecified atom stereocenters. The normalized spacial score (nSPS) is 10.2. The van der Waals surface area contributed by atoms with E-state index in [1.165, 1.54) is 11.4 Å². The largest absolute Gasteiger partial charge is 0.412 e. The Morgan fingerprint density at radius 1 is 1.11 bits per heavy atom. The molecule has 0 spiro atoms. The van der Waals surface area contributed by atoms with E-state index in [2.05, 4.69) is 35.9 Å². The van der Waals surface area contributed by atoms with Crippen LogP contribution >= 0.6 is 0 Å². The Kier molecular flexibility index (Phi) is 4.23. The van der Waals surface area contributed by atoms with Crippen molar-refractivity contribution in [2.24, 2.45) is 0 Å². The van der Waals surface area contributed by atoms with Gasteiger partial charge in [-0.25, -0.2) is 4.79 Å². The van der Waals surface area contributed by atoms with Crippen LogP contribution in [0.5, 0.6) is 5.75 Å².